The summed E-state index contributed by atoms with van der Waals surface area (Å²) in [5.41, 5.74) is 2.07. The van der Waals surface area contributed by atoms with Crippen molar-refractivity contribution in [1.82, 2.24) is 4.98 Å². The SMILES string of the molecule is Clc1cc(NCc2ccc3c(c2)OCCCO3)ccn1. The molecule has 1 N–H and O–H groups in total. The summed E-state index contributed by atoms with van der Waals surface area (Å²) in [6.07, 6.45) is 2.59. The first-order chi connectivity index (χ1) is 9.81. The standard InChI is InChI=1S/C15H15ClN2O2/c16-15-9-12(4-5-17-15)18-10-11-2-3-13-14(8-11)20-7-1-6-19-13/h2-5,8-9H,1,6-7,10H2,(H,17,18). The number of nitrogens with zero attached hydrogens (tertiary/aromatic N) is 1. The lowest BCUT2D eigenvalue weighted by molar-refractivity contribution is 0.297. The highest BCUT2D eigenvalue weighted by Crippen LogP contribution is 2.30. The van der Waals surface area contributed by atoms with Gasteiger partial charge < -0.3 is 14.8 Å². The van der Waals surface area contributed by atoms with Gasteiger partial charge in [0.1, 0.15) is 5.15 Å². The zero-order valence-electron chi connectivity index (χ0n) is 10.9. The summed E-state index contributed by atoms with van der Waals surface area (Å²) < 4.78 is 11.3. The second kappa shape index (κ2) is 6.01. The number of benzene rings is 1. The first-order valence-corrected chi connectivity index (χ1v) is 6.93. The van der Waals surface area contributed by atoms with Crippen molar-refractivity contribution >= 4 is 17.3 Å². The molecule has 20 heavy (non-hydrogen) atoms. The van der Waals surface area contributed by atoms with Crippen LogP contribution in [0.4, 0.5) is 5.69 Å². The highest BCUT2D eigenvalue weighted by Gasteiger charge is 2.10. The molecule has 0 bridgehead atoms. The zero-order valence-corrected chi connectivity index (χ0v) is 11.7. The number of aromatic nitrogens is 1. The van der Waals surface area contributed by atoms with E-state index in [1.807, 2.05) is 24.3 Å². The summed E-state index contributed by atoms with van der Waals surface area (Å²) in [7, 11) is 0. The average molecular weight is 291 g/mol. The van der Waals surface area contributed by atoms with E-state index in [-0.39, 0.29) is 0 Å². The van der Waals surface area contributed by atoms with Gasteiger partial charge in [0.15, 0.2) is 11.5 Å². The number of hydrogen-bond acceptors (Lipinski definition) is 4. The monoisotopic (exact) mass is 290 g/mol. The summed E-state index contributed by atoms with van der Waals surface area (Å²) in [6, 6.07) is 9.68. The Hall–Kier alpha value is -1.94. The molecule has 0 unspecified atom stereocenters. The molecule has 0 spiro atoms. The summed E-state index contributed by atoms with van der Waals surface area (Å²) in [5, 5.41) is 3.78. The van der Waals surface area contributed by atoms with Gasteiger partial charge in [-0.1, -0.05) is 17.7 Å². The molecule has 1 aliphatic heterocycles. The van der Waals surface area contributed by atoms with Gasteiger partial charge in [-0.3, -0.25) is 0 Å². The number of nitrogens with one attached hydrogen (secondary N) is 1. The maximum absolute atomic E-state index is 5.85. The third-order valence-corrected chi connectivity index (χ3v) is 3.24. The molecule has 1 aliphatic rings. The van der Waals surface area contributed by atoms with Crippen molar-refractivity contribution in [3.63, 3.8) is 0 Å². The number of ether oxygens (including phenoxy) is 2. The van der Waals surface area contributed by atoms with Crippen LogP contribution in [0.15, 0.2) is 36.5 Å². The molecular formula is C15H15ClN2O2. The van der Waals surface area contributed by atoms with Gasteiger partial charge in [-0.2, -0.15) is 0 Å². The zero-order chi connectivity index (χ0) is 13.8. The first-order valence-electron chi connectivity index (χ1n) is 6.55. The fraction of sp³-hybridized carbons (Fsp3) is 0.267. The van der Waals surface area contributed by atoms with Crippen molar-refractivity contribution in [3.8, 4) is 11.5 Å². The van der Waals surface area contributed by atoms with Crippen LogP contribution in [0.3, 0.4) is 0 Å². The van der Waals surface area contributed by atoms with Gasteiger partial charge in [0, 0.05) is 24.8 Å². The van der Waals surface area contributed by atoms with Crippen LogP contribution in [-0.2, 0) is 6.54 Å². The molecule has 0 saturated carbocycles. The average Bonchev–Trinajstić information content (AvgIpc) is 2.70. The Balaban J connectivity index is 1.70. The molecule has 0 amide bonds. The maximum Gasteiger partial charge on any atom is 0.161 e. The second-order valence-corrected chi connectivity index (χ2v) is 4.94. The number of pyridine rings is 1. The molecule has 0 aliphatic carbocycles. The van der Waals surface area contributed by atoms with Gasteiger partial charge in [-0.15, -0.1) is 0 Å². The van der Waals surface area contributed by atoms with E-state index in [1.165, 1.54) is 0 Å². The quantitative estimate of drug-likeness (QED) is 0.879. The Morgan fingerprint density at radius 1 is 1.10 bits per heavy atom. The molecule has 1 aromatic heterocycles. The minimum Gasteiger partial charge on any atom is -0.490 e. The van der Waals surface area contributed by atoms with Crippen LogP contribution < -0.4 is 14.8 Å². The van der Waals surface area contributed by atoms with Crippen molar-refractivity contribution in [2.24, 2.45) is 0 Å². The lowest BCUT2D eigenvalue weighted by Crippen LogP contribution is -2.00. The van der Waals surface area contributed by atoms with Crippen molar-refractivity contribution < 1.29 is 9.47 Å². The summed E-state index contributed by atoms with van der Waals surface area (Å²) in [5.74, 6) is 1.63. The van der Waals surface area contributed by atoms with E-state index in [4.69, 9.17) is 21.1 Å². The number of rotatable bonds is 3. The molecule has 2 aromatic rings. The van der Waals surface area contributed by atoms with Gasteiger partial charge in [0.2, 0.25) is 0 Å². The lowest BCUT2D eigenvalue weighted by Gasteiger charge is -2.10. The molecule has 104 valence electrons. The van der Waals surface area contributed by atoms with E-state index in [2.05, 4.69) is 10.3 Å². The Morgan fingerprint density at radius 3 is 2.80 bits per heavy atom. The number of anilines is 1. The number of fused-ring (bicyclic) bond motifs is 1. The lowest BCUT2D eigenvalue weighted by atomic mass is 10.2. The molecule has 2 heterocycles. The van der Waals surface area contributed by atoms with E-state index >= 15 is 0 Å². The van der Waals surface area contributed by atoms with Gasteiger partial charge in [0.25, 0.3) is 0 Å². The van der Waals surface area contributed by atoms with Crippen LogP contribution in [-0.4, -0.2) is 18.2 Å². The number of hydrogen-bond donors (Lipinski definition) is 1. The van der Waals surface area contributed by atoms with Crippen LogP contribution >= 0.6 is 11.6 Å². The predicted molar refractivity (Wildman–Crippen MR) is 78.6 cm³/mol. The Bertz CT molecular complexity index is 604. The molecule has 0 radical (unpaired) electrons. The Kier molecular flexibility index (Phi) is 3.92. The van der Waals surface area contributed by atoms with Crippen molar-refractivity contribution in [2.75, 3.05) is 18.5 Å². The molecule has 0 saturated heterocycles. The highest BCUT2D eigenvalue weighted by molar-refractivity contribution is 6.29. The predicted octanol–water partition coefficient (Wildman–Crippen LogP) is 3.51. The maximum atomic E-state index is 5.85. The fourth-order valence-corrected chi connectivity index (χ4v) is 2.21. The van der Waals surface area contributed by atoms with Gasteiger partial charge in [-0.05, 0) is 29.8 Å². The smallest absolute Gasteiger partial charge is 0.161 e. The molecular weight excluding hydrogens is 276 g/mol. The second-order valence-electron chi connectivity index (χ2n) is 4.55. The van der Waals surface area contributed by atoms with Crippen LogP contribution in [0.5, 0.6) is 11.5 Å². The van der Waals surface area contributed by atoms with Gasteiger partial charge in [-0.25, -0.2) is 4.98 Å². The minimum absolute atomic E-state index is 0.480. The largest absolute Gasteiger partial charge is 0.490 e. The molecule has 5 heteroatoms. The highest BCUT2D eigenvalue weighted by atomic mass is 35.5. The molecule has 1 aromatic carbocycles. The van der Waals surface area contributed by atoms with Crippen LogP contribution in [0.25, 0.3) is 0 Å². The molecule has 0 fully saturated rings. The number of halogens is 1. The van der Waals surface area contributed by atoms with E-state index in [1.54, 1.807) is 12.3 Å². The minimum atomic E-state index is 0.480. The molecule has 3 rings (SSSR count). The third-order valence-electron chi connectivity index (χ3n) is 3.04. The first kappa shape index (κ1) is 13.1. The van der Waals surface area contributed by atoms with Crippen molar-refractivity contribution in [2.45, 2.75) is 13.0 Å². The van der Waals surface area contributed by atoms with Crippen LogP contribution in [0, 0.1) is 0 Å². The van der Waals surface area contributed by atoms with Crippen LogP contribution in [0.1, 0.15) is 12.0 Å². The van der Waals surface area contributed by atoms with Crippen molar-refractivity contribution in [1.29, 1.82) is 0 Å². The Morgan fingerprint density at radius 2 is 1.95 bits per heavy atom. The van der Waals surface area contributed by atoms with Crippen LogP contribution in [0.2, 0.25) is 5.15 Å². The fourth-order valence-electron chi connectivity index (χ4n) is 2.03. The van der Waals surface area contributed by atoms with Gasteiger partial charge in [0.05, 0.1) is 13.2 Å². The normalized spacial score (nSPS) is 13.7. The van der Waals surface area contributed by atoms with E-state index in [0.717, 1.165) is 29.2 Å². The topological polar surface area (TPSA) is 43.4 Å². The Labute approximate surface area is 122 Å². The van der Waals surface area contributed by atoms with Gasteiger partial charge >= 0.3 is 0 Å². The molecule has 4 nitrogen and oxygen atoms in total. The molecule has 0 atom stereocenters. The van der Waals surface area contributed by atoms with Crippen molar-refractivity contribution in [3.05, 3.63) is 47.2 Å². The van der Waals surface area contributed by atoms with E-state index in [0.29, 0.717) is 24.9 Å². The summed E-state index contributed by atoms with van der Waals surface area (Å²) in [4.78, 5) is 3.95. The van der Waals surface area contributed by atoms with E-state index < -0.39 is 0 Å². The summed E-state index contributed by atoms with van der Waals surface area (Å²) in [6.45, 7) is 2.10. The summed E-state index contributed by atoms with van der Waals surface area (Å²) >= 11 is 5.85. The third kappa shape index (κ3) is 3.14. The van der Waals surface area contributed by atoms with E-state index in [9.17, 15) is 0 Å².